The number of aromatic nitrogens is 1. The normalized spacial score (nSPS) is 24.1. The summed E-state index contributed by atoms with van der Waals surface area (Å²) in [5.41, 5.74) is 1.28. The van der Waals surface area contributed by atoms with Gasteiger partial charge in [0.1, 0.15) is 11.2 Å². The molecule has 0 saturated carbocycles. The molecule has 0 bridgehead atoms. The van der Waals surface area contributed by atoms with Crippen molar-refractivity contribution in [1.82, 2.24) is 9.88 Å². The highest BCUT2D eigenvalue weighted by Crippen LogP contribution is 2.45. The van der Waals surface area contributed by atoms with E-state index >= 15 is 0 Å². The third-order valence-corrected chi connectivity index (χ3v) is 5.97. The first-order chi connectivity index (χ1) is 13.4. The Morgan fingerprint density at radius 3 is 2.86 bits per heavy atom. The molecule has 0 radical (unpaired) electrons. The summed E-state index contributed by atoms with van der Waals surface area (Å²) in [7, 11) is 0. The van der Waals surface area contributed by atoms with Crippen molar-refractivity contribution in [3.63, 3.8) is 0 Å². The lowest BCUT2D eigenvalue weighted by atomic mass is 9.81. The number of aliphatic hydroxyl groups excluding tert-OH is 1. The number of aliphatic hydroxyl groups is 1. The summed E-state index contributed by atoms with van der Waals surface area (Å²) in [6.07, 6.45) is 1.61. The number of benzene rings is 1. The summed E-state index contributed by atoms with van der Waals surface area (Å²) in [5, 5.41) is 20.8. The fraction of sp³-hybridized carbons (Fsp3) is 0.381. The van der Waals surface area contributed by atoms with E-state index in [0.29, 0.717) is 17.9 Å². The van der Waals surface area contributed by atoms with Crippen LogP contribution in [0.4, 0.5) is 5.82 Å². The van der Waals surface area contributed by atoms with E-state index in [1.54, 1.807) is 11.0 Å². The number of nitrogens with zero attached hydrogens (tertiary/aromatic N) is 3. The minimum Gasteiger partial charge on any atom is -0.481 e. The molecule has 0 spiro atoms. The second kappa shape index (κ2) is 6.60. The molecule has 7 nitrogen and oxygen atoms in total. The minimum absolute atomic E-state index is 0.160. The number of carbonyl (C=O) groups is 2. The van der Waals surface area contributed by atoms with Crippen LogP contribution < -0.4 is 4.90 Å². The molecule has 2 fully saturated rings. The lowest BCUT2D eigenvalue weighted by Crippen LogP contribution is -2.41. The van der Waals surface area contributed by atoms with E-state index < -0.39 is 17.3 Å². The van der Waals surface area contributed by atoms with Gasteiger partial charge in [-0.3, -0.25) is 9.59 Å². The van der Waals surface area contributed by atoms with Gasteiger partial charge in [-0.25, -0.2) is 4.98 Å². The molecule has 2 aliphatic heterocycles. The molecule has 2 N–H and O–H groups in total. The highest BCUT2D eigenvalue weighted by molar-refractivity contribution is 5.94. The number of pyridine rings is 1. The molecule has 0 aliphatic carbocycles. The molecule has 1 aromatic heterocycles. The van der Waals surface area contributed by atoms with Gasteiger partial charge in [0, 0.05) is 37.1 Å². The van der Waals surface area contributed by atoms with Crippen LogP contribution in [0, 0.1) is 18.3 Å². The van der Waals surface area contributed by atoms with Crippen molar-refractivity contribution < 1.29 is 19.8 Å². The number of carboxylic acids is 1. The maximum Gasteiger partial charge on any atom is 0.314 e. The lowest BCUT2D eigenvalue weighted by molar-refractivity contribution is -0.149. The summed E-state index contributed by atoms with van der Waals surface area (Å²) < 4.78 is 0. The summed E-state index contributed by atoms with van der Waals surface area (Å²) in [6, 6.07) is 7.73. The van der Waals surface area contributed by atoms with E-state index in [2.05, 4.69) is 6.58 Å². The number of aryl methyl sites for hydroxylation is 1. The van der Waals surface area contributed by atoms with Gasteiger partial charge in [-0.1, -0.05) is 24.3 Å². The molecule has 4 rings (SSSR count). The molecule has 2 aliphatic rings. The zero-order valence-electron chi connectivity index (χ0n) is 15.8. The van der Waals surface area contributed by atoms with Crippen LogP contribution in [0.1, 0.15) is 11.1 Å². The van der Waals surface area contributed by atoms with Gasteiger partial charge in [-0.2, -0.15) is 0 Å². The quantitative estimate of drug-likeness (QED) is 0.764. The molecule has 2 aromatic rings. The molecule has 146 valence electrons. The average Bonchev–Trinajstić information content (AvgIpc) is 3.18. The topological polar surface area (TPSA) is 94.0 Å². The third kappa shape index (κ3) is 2.57. The van der Waals surface area contributed by atoms with Crippen molar-refractivity contribution in [3.8, 4) is 0 Å². The summed E-state index contributed by atoms with van der Waals surface area (Å²) in [5.74, 6) is -1.21. The van der Waals surface area contributed by atoms with Crippen molar-refractivity contribution >= 4 is 28.6 Å². The number of para-hydroxylation sites is 1. The second-order valence-corrected chi connectivity index (χ2v) is 7.68. The molecular weight excluding hydrogens is 358 g/mol. The first-order valence-electron chi connectivity index (χ1n) is 9.29. The number of fused-ring (bicyclic) bond motifs is 2. The predicted molar refractivity (Wildman–Crippen MR) is 105 cm³/mol. The van der Waals surface area contributed by atoms with Crippen LogP contribution in [-0.2, 0) is 16.2 Å². The number of rotatable bonds is 5. The number of hydrogen-bond acceptors (Lipinski definition) is 5. The van der Waals surface area contributed by atoms with Crippen LogP contribution in [0.15, 0.2) is 36.9 Å². The zero-order chi connectivity index (χ0) is 20.1. The zero-order valence-corrected chi connectivity index (χ0v) is 15.8. The molecule has 2 atom stereocenters. The molecule has 0 unspecified atom stereocenters. The van der Waals surface area contributed by atoms with Crippen LogP contribution in [0.3, 0.4) is 0 Å². The maximum atomic E-state index is 12.8. The molecule has 1 amide bonds. The predicted octanol–water partition coefficient (Wildman–Crippen LogP) is 1.57. The van der Waals surface area contributed by atoms with Crippen molar-refractivity contribution in [2.24, 2.45) is 11.3 Å². The number of carboxylic acid groups (broad SMARTS) is 1. The number of likely N-dealkylation sites (tertiary alicyclic amines) is 1. The fourth-order valence-electron chi connectivity index (χ4n) is 4.55. The van der Waals surface area contributed by atoms with Crippen molar-refractivity contribution in [3.05, 3.63) is 48.0 Å². The van der Waals surface area contributed by atoms with Gasteiger partial charge in [-0.15, -0.1) is 6.58 Å². The van der Waals surface area contributed by atoms with Gasteiger partial charge in [0.2, 0.25) is 5.91 Å². The Bertz CT molecular complexity index is 989. The SMILES string of the molecule is C=CCN1C[C@@]2(C(=O)O)CN(c3nc4c(C)cccc4cc3CO)C[C@H]2C1=O. The first-order valence-corrected chi connectivity index (χ1v) is 9.29. The lowest BCUT2D eigenvalue weighted by Gasteiger charge is -2.26. The second-order valence-electron chi connectivity index (χ2n) is 7.68. The number of amides is 1. The van der Waals surface area contributed by atoms with Gasteiger partial charge in [0.25, 0.3) is 0 Å². The Morgan fingerprint density at radius 1 is 1.43 bits per heavy atom. The van der Waals surface area contributed by atoms with Crippen molar-refractivity contribution in [2.45, 2.75) is 13.5 Å². The van der Waals surface area contributed by atoms with E-state index in [9.17, 15) is 19.8 Å². The van der Waals surface area contributed by atoms with Crippen LogP contribution >= 0.6 is 0 Å². The van der Waals surface area contributed by atoms with Gasteiger partial charge in [-0.05, 0) is 18.6 Å². The molecule has 1 aromatic carbocycles. The van der Waals surface area contributed by atoms with Crippen LogP contribution in [-0.4, -0.2) is 58.2 Å². The standard InChI is InChI=1S/C21H23N3O4/c1-3-7-23-11-21(20(27)28)12-24(9-16(21)19(23)26)18-15(10-25)8-14-6-4-5-13(2)17(14)22-18/h3-6,8,16,25H,1,7,9-12H2,2H3,(H,27,28)/t16-,21+/m0/s1. The average molecular weight is 381 g/mol. The number of hydrogen-bond donors (Lipinski definition) is 2. The Kier molecular flexibility index (Phi) is 4.34. The van der Waals surface area contributed by atoms with E-state index in [1.807, 2.05) is 36.1 Å². The van der Waals surface area contributed by atoms with E-state index in [0.717, 1.165) is 16.5 Å². The Labute approximate surface area is 162 Å². The van der Waals surface area contributed by atoms with E-state index in [4.69, 9.17) is 4.98 Å². The molecule has 28 heavy (non-hydrogen) atoms. The number of carbonyl (C=O) groups excluding carboxylic acids is 1. The van der Waals surface area contributed by atoms with Gasteiger partial charge < -0.3 is 20.0 Å². The summed E-state index contributed by atoms with van der Waals surface area (Å²) in [6.45, 7) is 6.38. The Balaban J connectivity index is 1.76. The molecule has 7 heteroatoms. The monoisotopic (exact) mass is 381 g/mol. The van der Waals surface area contributed by atoms with E-state index in [-0.39, 0.29) is 32.1 Å². The van der Waals surface area contributed by atoms with Gasteiger partial charge >= 0.3 is 5.97 Å². The van der Waals surface area contributed by atoms with Gasteiger partial charge in [0.15, 0.2) is 0 Å². The van der Waals surface area contributed by atoms with Crippen LogP contribution in [0.5, 0.6) is 0 Å². The number of anilines is 1. The minimum atomic E-state index is -1.17. The van der Waals surface area contributed by atoms with Crippen molar-refractivity contribution in [1.29, 1.82) is 0 Å². The van der Waals surface area contributed by atoms with Crippen LogP contribution in [0.2, 0.25) is 0 Å². The van der Waals surface area contributed by atoms with E-state index in [1.165, 1.54) is 0 Å². The van der Waals surface area contributed by atoms with Gasteiger partial charge in [0.05, 0.1) is 18.0 Å². The largest absolute Gasteiger partial charge is 0.481 e. The fourth-order valence-corrected chi connectivity index (χ4v) is 4.55. The summed E-state index contributed by atoms with van der Waals surface area (Å²) in [4.78, 5) is 33.2. The molecular formula is C21H23N3O4. The highest BCUT2D eigenvalue weighted by Gasteiger charge is 2.62. The van der Waals surface area contributed by atoms with Crippen LogP contribution in [0.25, 0.3) is 10.9 Å². The molecule has 3 heterocycles. The Hall–Kier alpha value is -2.93. The highest BCUT2D eigenvalue weighted by atomic mass is 16.4. The maximum absolute atomic E-state index is 12.8. The third-order valence-electron chi connectivity index (χ3n) is 5.97. The first kappa shape index (κ1) is 18.4. The molecule has 2 saturated heterocycles. The number of aliphatic carboxylic acids is 1. The Morgan fingerprint density at radius 2 is 2.21 bits per heavy atom. The van der Waals surface area contributed by atoms with Crippen molar-refractivity contribution in [2.75, 3.05) is 31.1 Å². The smallest absolute Gasteiger partial charge is 0.314 e. The summed E-state index contributed by atoms with van der Waals surface area (Å²) >= 11 is 0.